The van der Waals surface area contributed by atoms with Gasteiger partial charge in [0.2, 0.25) is 0 Å². The summed E-state index contributed by atoms with van der Waals surface area (Å²) in [6.07, 6.45) is 8.32. The molecular weight excluding hydrogens is 288 g/mol. The molecule has 0 saturated carbocycles. The molecule has 0 aromatic heterocycles. The lowest BCUT2D eigenvalue weighted by atomic mass is 9.74. The van der Waals surface area contributed by atoms with Crippen LogP contribution in [0.5, 0.6) is 0 Å². The molecule has 0 radical (unpaired) electrons. The molecule has 0 N–H and O–H groups in total. The van der Waals surface area contributed by atoms with Gasteiger partial charge in [-0.2, -0.15) is 0 Å². The predicted octanol–water partition coefficient (Wildman–Crippen LogP) is 9.24. The Bertz CT molecular complexity index is 213. The third-order valence-corrected chi connectivity index (χ3v) is 4.94. The van der Waals surface area contributed by atoms with E-state index in [9.17, 15) is 0 Å². The van der Waals surface area contributed by atoms with Crippen molar-refractivity contribution in [3.63, 3.8) is 0 Å². The minimum absolute atomic E-state index is 0.833. The molecular formula is C24H54. The Morgan fingerprint density at radius 3 is 1.33 bits per heavy atom. The molecule has 0 aromatic carbocycles. The fourth-order valence-corrected chi connectivity index (χ4v) is 3.82. The summed E-state index contributed by atoms with van der Waals surface area (Å²) in [5.74, 6) is 5.36. The van der Waals surface area contributed by atoms with Gasteiger partial charge in [-0.05, 0) is 41.9 Å². The van der Waals surface area contributed by atoms with Gasteiger partial charge in [-0.1, -0.05) is 115 Å². The molecule has 0 nitrogen and oxygen atoms in total. The van der Waals surface area contributed by atoms with Crippen LogP contribution in [0.15, 0.2) is 0 Å². The van der Waals surface area contributed by atoms with Gasteiger partial charge in [0.1, 0.15) is 0 Å². The summed E-state index contributed by atoms with van der Waals surface area (Å²) in [6.45, 7) is 27.3. The molecule has 4 atom stereocenters. The zero-order chi connectivity index (χ0) is 19.7. The molecule has 0 heterocycles. The van der Waals surface area contributed by atoms with Crippen LogP contribution in [0.3, 0.4) is 0 Å². The van der Waals surface area contributed by atoms with Crippen LogP contribution >= 0.6 is 0 Å². The van der Waals surface area contributed by atoms with Crippen molar-refractivity contribution in [3.05, 3.63) is 0 Å². The van der Waals surface area contributed by atoms with Crippen LogP contribution in [-0.2, 0) is 0 Å². The van der Waals surface area contributed by atoms with Gasteiger partial charge in [-0.15, -0.1) is 0 Å². The molecule has 0 saturated heterocycles. The highest BCUT2D eigenvalue weighted by molar-refractivity contribution is 4.74. The Morgan fingerprint density at radius 1 is 0.625 bits per heavy atom. The maximum Gasteiger partial charge on any atom is -0.0365 e. The third kappa shape index (κ3) is 16.8. The first kappa shape index (κ1) is 28.8. The van der Waals surface area contributed by atoms with Crippen molar-refractivity contribution in [3.8, 4) is 0 Å². The Morgan fingerprint density at radius 2 is 1.04 bits per heavy atom. The van der Waals surface area contributed by atoms with Gasteiger partial charge < -0.3 is 0 Å². The topological polar surface area (TPSA) is 0 Å². The van der Waals surface area contributed by atoms with Crippen LogP contribution in [-0.4, -0.2) is 0 Å². The molecule has 0 amide bonds. The average Bonchev–Trinajstić information content (AvgIpc) is 2.50. The summed E-state index contributed by atoms with van der Waals surface area (Å²) in [7, 11) is 0. The van der Waals surface area contributed by atoms with E-state index in [1.807, 2.05) is 13.8 Å². The Balaban J connectivity index is -0.000000636. The Labute approximate surface area is 157 Å². The second kappa shape index (κ2) is 19.3. The predicted molar refractivity (Wildman–Crippen MR) is 117 cm³/mol. The van der Waals surface area contributed by atoms with Crippen molar-refractivity contribution in [1.82, 2.24) is 0 Å². The molecule has 0 rings (SSSR count). The maximum absolute atomic E-state index is 2.50. The fraction of sp³-hybridized carbons (Fsp3) is 1.00. The first-order valence-electron chi connectivity index (χ1n) is 11.2. The first-order valence-corrected chi connectivity index (χ1v) is 11.2. The van der Waals surface area contributed by atoms with Gasteiger partial charge in [0.15, 0.2) is 0 Å². The molecule has 4 unspecified atom stereocenters. The molecule has 0 spiro atoms. The molecule has 150 valence electrons. The van der Waals surface area contributed by atoms with Crippen molar-refractivity contribution in [2.45, 2.75) is 122 Å². The van der Waals surface area contributed by atoms with E-state index < -0.39 is 0 Å². The van der Waals surface area contributed by atoms with E-state index in [4.69, 9.17) is 0 Å². The first-order chi connectivity index (χ1) is 11.2. The SMILES string of the molecule is CC.CC(C)C.CCCC(CC)C(C)CC(C)C(CCC)C(C)C. The van der Waals surface area contributed by atoms with Gasteiger partial charge in [0, 0.05) is 0 Å². The lowest BCUT2D eigenvalue weighted by Gasteiger charge is -2.32. The molecule has 0 aliphatic rings. The molecule has 24 heavy (non-hydrogen) atoms. The molecule has 0 bridgehead atoms. The standard InChI is InChI=1S/C18H38.C4H10.C2H6/c1-8-11-17(10-3)15(6)13-16(7)18(12-9-2)14(4)5;1-4(2)3;1-2/h14-18H,8-13H2,1-7H3;4H,1-3H3;1-2H3. The molecule has 0 aliphatic heterocycles. The number of rotatable bonds is 10. The van der Waals surface area contributed by atoms with Crippen LogP contribution < -0.4 is 0 Å². The minimum atomic E-state index is 0.833. The van der Waals surface area contributed by atoms with Crippen molar-refractivity contribution in [1.29, 1.82) is 0 Å². The summed E-state index contributed by atoms with van der Waals surface area (Å²) in [5, 5.41) is 0. The van der Waals surface area contributed by atoms with E-state index >= 15 is 0 Å². The van der Waals surface area contributed by atoms with Gasteiger partial charge in [0.25, 0.3) is 0 Å². The second-order valence-electron chi connectivity index (χ2n) is 8.58. The number of hydrogen-bond donors (Lipinski definition) is 0. The fourth-order valence-electron chi connectivity index (χ4n) is 3.82. The zero-order valence-corrected chi connectivity index (χ0v) is 19.7. The van der Waals surface area contributed by atoms with Crippen LogP contribution in [0, 0.1) is 35.5 Å². The third-order valence-electron chi connectivity index (χ3n) is 4.94. The van der Waals surface area contributed by atoms with Gasteiger partial charge in [0.05, 0.1) is 0 Å². The van der Waals surface area contributed by atoms with Gasteiger partial charge in [-0.25, -0.2) is 0 Å². The van der Waals surface area contributed by atoms with Crippen LogP contribution in [0.4, 0.5) is 0 Å². The van der Waals surface area contributed by atoms with Crippen LogP contribution in [0.1, 0.15) is 122 Å². The van der Waals surface area contributed by atoms with Crippen molar-refractivity contribution < 1.29 is 0 Å². The average molecular weight is 343 g/mol. The quantitative estimate of drug-likeness (QED) is 0.371. The van der Waals surface area contributed by atoms with E-state index in [-0.39, 0.29) is 0 Å². The maximum atomic E-state index is 2.50. The smallest absolute Gasteiger partial charge is 0.0365 e. The lowest BCUT2D eigenvalue weighted by molar-refractivity contribution is 0.185. The van der Waals surface area contributed by atoms with Crippen LogP contribution in [0.25, 0.3) is 0 Å². The largest absolute Gasteiger partial charge is 0.0683 e. The van der Waals surface area contributed by atoms with E-state index in [0.29, 0.717) is 0 Å². The highest BCUT2D eigenvalue weighted by Crippen LogP contribution is 2.34. The van der Waals surface area contributed by atoms with E-state index in [0.717, 1.165) is 35.5 Å². The summed E-state index contributed by atoms with van der Waals surface area (Å²) < 4.78 is 0. The van der Waals surface area contributed by atoms with E-state index in [1.54, 1.807) is 0 Å². The lowest BCUT2D eigenvalue weighted by Crippen LogP contribution is -2.22. The summed E-state index contributed by atoms with van der Waals surface area (Å²) in [4.78, 5) is 0. The normalized spacial score (nSPS) is 15.8. The van der Waals surface area contributed by atoms with E-state index in [2.05, 4.69) is 69.2 Å². The molecule has 0 fully saturated rings. The van der Waals surface area contributed by atoms with Gasteiger partial charge in [-0.3, -0.25) is 0 Å². The highest BCUT2D eigenvalue weighted by Gasteiger charge is 2.24. The van der Waals surface area contributed by atoms with Crippen molar-refractivity contribution >= 4 is 0 Å². The van der Waals surface area contributed by atoms with Crippen LogP contribution in [0.2, 0.25) is 0 Å². The Kier molecular flexibility index (Phi) is 23.2. The zero-order valence-electron chi connectivity index (χ0n) is 19.7. The van der Waals surface area contributed by atoms with Gasteiger partial charge >= 0.3 is 0 Å². The van der Waals surface area contributed by atoms with Crippen molar-refractivity contribution in [2.75, 3.05) is 0 Å². The monoisotopic (exact) mass is 342 g/mol. The Hall–Kier alpha value is 0. The molecule has 0 heteroatoms. The second-order valence-corrected chi connectivity index (χ2v) is 8.58. The van der Waals surface area contributed by atoms with E-state index in [1.165, 1.54) is 38.5 Å². The van der Waals surface area contributed by atoms with Crippen molar-refractivity contribution in [2.24, 2.45) is 35.5 Å². The minimum Gasteiger partial charge on any atom is -0.0683 e. The highest BCUT2D eigenvalue weighted by atomic mass is 14.3. The molecule has 0 aromatic rings. The summed E-state index contributed by atoms with van der Waals surface area (Å²) >= 11 is 0. The molecule has 0 aliphatic carbocycles. The summed E-state index contributed by atoms with van der Waals surface area (Å²) in [5.41, 5.74) is 0. The summed E-state index contributed by atoms with van der Waals surface area (Å²) in [6, 6.07) is 0. The number of hydrogen-bond acceptors (Lipinski definition) is 0.